The van der Waals surface area contributed by atoms with Crippen LogP contribution in [0.3, 0.4) is 0 Å². The lowest BCUT2D eigenvalue weighted by atomic mass is 9.87. The molecule has 1 heterocycles. The van der Waals surface area contributed by atoms with Crippen LogP contribution in [0.15, 0.2) is 0 Å². The molecule has 0 spiro atoms. The number of ether oxygens (including phenoxy) is 1. The molecule has 0 aromatic heterocycles. The Morgan fingerprint density at radius 3 is 2.63 bits per heavy atom. The molecule has 1 aliphatic carbocycles. The van der Waals surface area contributed by atoms with E-state index in [1.165, 1.54) is 0 Å². The first-order valence-corrected chi connectivity index (χ1v) is 7.73. The summed E-state index contributed by atoms with van der Waals surface area (Å²) in [5, 5.41) is 3.56. The Bertz CT molecular complexity index is 315. The lowest BCUT2D eigenvalue weighted by Crippen LogP contribution is -2.53. The maximum Gasteiger partial charge on any atom is 0.241 e. The average Bonchev–Trinajstić information content (AvgIpc) is 2.66. The zero-order chi connectivity index (χ0) is 14.0. The molecular formula is C15H28N2O2. The molecule has 0 bridgehead atoms. The molecule has 4 heteroatoms. The van der Waals surface area contributed by atoms with Gasteiger partial charge in [-0.15, -0.1) is 0 Å². The second-order valence-electron chi connectivity index (χ2n) is 6.06. The van der Waals surface area contributed by atoms with Gasteiger partial charge in [0.2, 0.25) is 5.91 Å². The van der Waals surface area contributed by atoms with E-state index in [1.807, 2.05) is 0 Å². The maximum absolute atomic E-state index is 12.6. The summed E-state index contributed by atoms with van der Waals surface area (Å²) in [6.07, 6.45) is 5.78. The SMILES string of the molecule is CCCC1NC(C(C)CC)C(=O)N1C1CC(OC)C1. The Kier molecular flexibility index (Phi) is 4.85. The van der Waals surface area contributed by atoms with Gasteiger partial charge in [0.25, 0.3) is 0 Å². The minimum atomic E-state index is 0.0168. The fourth-order valence-corrected chi connectivity index (χ4v) is 3.20. The number of nitrogens with one attached hydrogen (secondary N) is 1. The molecule has 0 aromatic rings. The number of nitrogens with zero attached hydrogens (tertiary/aromatic N) is 1. The van der Waals surface area contributed by atoms with Crippen LogP contribution in [0.25, 0.3) is 0 Å². The standard InChI is InChI=1S/C15H28N2O2/c1-5-7-13-16-14(10(3)6-2)15(18)17(13)11-8-12(9-11)19-4/h10-14,16H,5-9H2,1-4H3. The Balaban J connectivity index is 2.04. The summed E-state index contributed by atoms with van der Waals surface area (Å²) in [5.41, 5.74) is 0. The number of hydrogen-bond acceptors (Lipinski definition) is 3. The Hall–Kier alpha value is -0.610. The third kappa shape index (κ3) is 2.79. The predicted octanol–water partition coefficient (Wildman–Crippen LogP) is 2.14. The summed E-state index contributed by atoms with van der Waals surface area (Å²) in [7, 11) is 1.76. The van der Waals surface area contributed by atoms with E-state index in [0.29, 0.717) is 24.0 Å². The Morgan fingerprint density at radius 2 is 2.11 bits per heavy atom. The van der Waals surface area contributed by atoms with Crippen LogP contribution in [0.4, 0.5) is 0 Å². The highest BCUT2D eigenvalue weighted by Gasteiger charge is 2.47. The molecule has 3 unspecified atom stereocenters. The minimum Gasteiger partial charge on any atom is -0.381 e. The molecule has 1 saturated heterocycles. The van der Waals surface area contributed by atoms with Crippen LogP contribution < -0.4 is 5.32 Å². The van der Waals surface area contributed by atoms with Crippen LogP contribution >= 0.6 is 0 Å². The summed E-state index contributed by atoms with van der Waals surface area (Å²) in [4.78, 5) is 14.8. The normalized spacial score (nSPS) is 36.4. The van der Waals surface area contributed by atoms with E-state index >= 15 is 0 Å². The van der Waals surface area contributed by atoms with Crippen molar-refractivity contribution in [3.8, 4) is 0 Å². The van der Waals surface area contributed by atoms with E-state index in [0.717, 1.165) is 32.1 Å². The molecule has 3 atom stereocenters. The fourth-order valence-electron chi connectivity index (χ4n) is 3.20. The van der Waals surface area contributed by atoms with Crippen molar-refractivity contribution in [2.75, 3.05) is 7.11 Å². The molecule has 0 aromatic carbocycles. The van der Waals surface area contributed by atoms with E-state index < -0.39 is 0 Å². The molecule has 19 heavy (non-hydrogen) atoms. The fraction of sp³-hybridized carbons (Fsp3) is 0.933. The molecule has 2 rings (SSSR count). The highest BCUT2D eigenvalue weighted by molar-refractivity contribution is 5.85. The molecule has 1 N–H and O–H groups in total. The van der Waals surface area contributed by atoms with Crippen molar-refractivity contribution in [2.45, 2.75) is 77.2 Å². The van der Waals surface area contributed by atoms with Gasteiger partial charge in [-0.05, 0) is 25.2 Å². The first-order chi connectivity index (χ1) is 9.12. The molecule has 0 radical (unpaired) electrons. The number of carbonyl (C=O) groups excluding carboxylic acids is 1. The van der Waals surface area contributed by atoms with Crippen molar-refractivity contribution in [3.63, 3.8) is 0 Å². The molecule has 1 aliphatic heterocycles. The average molecular weight is 268 g/mol. The van der Waals surface area contributed by atoms with Gasteiger partial charge in [0, 0.05) is 13.2 Å². The summed E-state index contributed by atoms with van der Waals surface area (Å²) in [6, 6.07) is 0.402. The van der Waals surface area contributed by atoms with Gasteiger partial charge in [-0.2, -0.15) is 0 Å². The van der Waals surface area contributed by atoms with Crippen LogP contribution in [-0.4, -0.2) is 42.3 Å². The minimum absolute atomic E-state index is 0.0168. The number of hydrogen-bond donors (Lipinski definition) is 1. The molecule has 1 saturated carbocycles. The first-order valence-electron chi connectivity index (χ1n) is 7.73. The van der Waals surface area contributed by atoms with Crippen molar-refractivity contribution in [1.29, 1.82) is 0 Å². The highest BCUT2D eigenvalue weighted by Crippen LogP contribution is 2.33. The predicted molar refractivity (Wildman–Crippen MR) is 75.7 cm³/mol. The summed E-state index contributed by atoms with van der Waals surface area (Å²) >= 11 is 0. The summed E-state index contributed by atoms with van der Waals surface area (Å²) in [6.45, 7) is 6.50. The van der Waals surface area contributed by atoms with Gasteiger partial charge in [0.1, 0.15) is 0 Å². The van der Waals surface area contributed by atoms with Gasteiger partial charge >= 0.3 is 0 Å². The number of amides is 1. The van der Waals surface area contributed by atoms with E-state index in [-0.39, 0.29) is 12.2 Å². The second kappa shape index (κ2) is 6.23. The Labute approximate surface area is 116 Å². The zero-order valence-corrected chi connectivity index (χ0v) is 12.7. The van der Waals surface area contributed by atoms with Gasteiger partial charge < -0.3 is 9.64 Å². The number of methoxy groups -OCH3 is 1. The van der Waals surface area contributed by atoms with Crippen molar-refractivity contribution < 1.29 is 9.53 Å². The smallest absolute Gasteiger partial charge is 0.241 e. The Morgan fingerprint density at radius 1 is 1.42 bits per heavy atom. The quantitative estimate of drug-likeness (QED) is 0.802. The molecule has 1 amide bonds. The van der Waals surface area contributed by atoms with Gasteiger partial charge in [0.15, 0.2) is 0 Å². The number of rotatable bonds is 6. The maximum atomic E-state index is 12.6. The van der Waals surface area contributed by atoms with Crippen LogP contribution in [0.2, 0.25) is 0 Å². The third-order valence-electron chi connectivity index (χ3n) is 4.80. The van der Waals surface area contributed by atoms with Gasteiger partial charge in [-0.1, -0.05) is 33.6 Å². The topological polar surface area (TPSA) is 41.6 Å². The molecule has 4 nitrogen and oxygen atoms in total. The molecule has 110 valence electrons. The molecule has 2 fully saturated rings. The zero-order valence-electron chi connectivity index (χ0n) is 12.7. The van der Waals surface area contributed by atoms with Crippen molar-refractivity contribution >= 4 is 5.91 Å². The van der Waals surface area contributed by atoms with Crippen molar-refractivity contribution in [1.82, 2.24) is 10.2 Å². The lowest BCUT2D eigenvalue weighted by molar-refractivity contribution is -0.138. The van der Waals surface area contributed by atoms with Gasteiger partial charge in [0.05, 0.1) is 18.3 Å². The van der Waals surface area contributed by atoms with Crippen LogP contribution in [-0.2, 0) is 9.53 Å². The lowest BCUT2D eigenvalue weighted by Gasteiger charge is -2.42. The van der Waals surface area contributed by atoms with Crippen LogP contribution in [0.1, 0.15) is 52.9 Å². The second-order valence-corrected chi connectivity index (χ2v) is 6.06. The largest absolute Gasteiger partial charge is 0.381 e. The summed E-state index contributed by atoms with van der Waals surface area (Å²) in [5.74, 6) is 0.725. The van der Waals surface area contributed by atoms with Crippen molar-refractivity contribution in [2.24, 2.45) is 5.92 Å². The van der Waals surface area contributed by atoms with Crippen LogP contribution in [0, 0.1) is 5.92 Å². The molecule has 2 aliphatic rings. The summed E-state index contributed by atoms with van der Waals surface area (Å²) < 4.78 is 5.34. The molecular weight excluding hydrogens is 240 g/mol. The van der Waals surface area contributed by atoms with Gasteiger partial charge in [-0.3, -0.25) is 10.1 Å². The third-order valence-corrected chi connectivity index (χ3v) is 4.80. The van der Waals surface area contributed by atoms with E-state index in [1.54, 1.807) is 7.11 Å². The number of carbonyl (C=O) groups is 1. The van der Waals surface area contributed by atoms with Crippen molar-refractivity contribution in [3.05, 3.63) is 0 Å². The van der Waals surface area contributed by atoms with E-state index in [2.05, 4.69) is 31.0 Å². The van der Waals surface area contributed by atoms with Gasteiger partial charge in [-0.25, -0.2) is 0 Å². The van der Waals surface area contributed by atoms with E-state index in [4.69, 9.17) is 4.74 Å². The van der Waals surface area contributed by atoms with Crippen LogP contribution in [0.5, 0.6) is 0 Å². The first kappa shape index (κ1) is 14.8. The monoisotopic (exact) mass is 268 g/mol. The van der Waals surface area contributed by atoms with E-state index in [9.17, 15) is 4.79 Å². The highest BCUT2D eigenvalue weighted by atomic mass is 16.5.